The van der Waals surface area contributed by atoms with E-state index in [0.717, 1.165) is 42.8 Å². The number of nitriles is 1. The van der Waals surface area contributed by atoms with Gasteiger partial charge >= 0.3 is 0 Å². The van der Waals surface area contributed by atoms with E-state index >= 15 is 0 Å². The standard InChI is InChI=1S/C24H28N2O3/c1-27-24-17-21(16-22(18-25)19-26-11-14-28-15-12-26)9-10-23(24)29-13-5-8-20-6-3-2-4-7-20/h2-4,6-7,9-10,17,19H,5,8,11-16H2,1H3/b22-19-. The number of morpholine rings is 1. The number of hydrogen-bond donors (Lipinski definition) is 0. The quantitative estimate of drug-likeness (QED) is 0.477. The Morgan fingerprint density at radius 1 is 1.10 bits per heavy atom. The Hall–Kier alpha value is -2.97. The summed E-state index contributed by atoms with van der Waals surface area (Å²) in [6, 6.07) is 18.6. The van der Waals surface area contributed by atoms with Crippen molar-refractivity contribution in [3.8, 4) is 17.6 Å². The highest BCUT2D eigenvalue weighted by atomic mass is 16.5. The first-order valence-electron chi connectivity index (χ1n) is 10.0. The van der Waals surface area contributed by atoms with Crippen molar-refractivity contribution in [3.63, 3.8) is 0 Å². The van der Waals surface area contributed by atoms with Crippen molar-refractivity contribution in [2.45, 2.75) is 19.3 Å². The third-order valence-corrected chi connectivity index (χ3v) is 4.86. The van der Waals surface area contributed by atoms with Crippen LogP contribution in [0.15, 0.2) is 60.3 Å². The summed E-state index contributed by atoms with van der Waals surface area (Å²) in [7, 11) is 1.64. The Labute approximate surface area is 173 Å². The normalized spacial score (nSPS) is 14.3. The van der Waals surface area contributed by atoms with E-state index in [9.17, 15) is 5.26 Å². The van der Waals surface area contributed by atoms with Gasteiger partial charge in [0.1, 0.15) is 0 Å². The van der Waals surface area contributed by atoms with E-state index in [-0.39, 0.29) is 0 Å². The zero-order valence-electron chi connectivity index (χ0n) is 17.0. The second-order valence-corrected chi connectivity index (χ2v) is 7.01. The molecule has 0 unspecified atom stereocenters. The Morgan fingerprint density at radius 3 is 2.62 bits per heavy atom. The highest BCUT2D eigenvalue weighted by Gasteiger charge is 2.11. The molecule has 3 rings (SSSR count). The average Bonchev–Trinajstić information content (AvgIpc) is 2.78. The molecular formula is C24H28N2O3. The molecule has 0 atom stereocenters. The molecule has 0 aliphatic carbocycles. The molecule has 2 aromatic carbocycles. The first kappa shape index (κ1) is 20.8. The summed E-state index contributed by atoms with van der Waals surface area (Å²) in [6.45, 7) is 3.69. The van der Waals surface area contributed by atoms with Gasteiger partial charge in [-0.2, -0.15) is 5.26 Å². The summed E-state index contributed by atoms with van der Waals surface area (Å²) < 4.78 is 16.8. The van der Waals surface area contributed by atoms with Gasteiger partial charge in [-0.05, 0) is 36.1 Å². The number of aryl methyl sites for hydroxylation is 1. The number of methoxy groups -OCH3 is 1. The number of ether oxygens (including phenoxy) is 3. The Balaban J connectivity index is 1.56. The highest BCUT2D eigenvalue weighted by Crippen LogP contribution is 2.29. The maximum atomic E-state index is 9.50. The Morgan fingerprint density at radius 2 is 1.90 bits per heavy atom. The molecule has 1 heterocycles. The molecule has 0 radical (unpaired) electrons. The van der Waals surface area contributed by atoms with Gasteiger partial charge < -0.3 is 19.1 Å². The van der Waals surface area contributed by atoms with Crippen molar-refractivity contribution >= 4 is 0 Å². The molecule has 0 saturated carbocycles. The van der Waals surface area contributed by atoms with Gasteiger partial charge in [-0.15, -0.1) is 0 Å². The van der Waals surface area contributed by atoms with Gasteiger partial charge in [-0.3, -0.25) is 0 Å². The largest absolute Gasteiger partial charge is 0.493 e. The van der Waals surface area contributed by atoms with Crippen LogP contribution in [0, 0.1) is 11.3 Å². The SMILES string of the molecule is COc1cc(C/C(C#N)=C/N2CCOCC2)ccc1OCCCc1ccccc1. The molecule has 1 fully saturated rings. The summed E-state index contributed by atoms with van der Waals surface area (Å²) >= 11 is 0. The number of nitrogens with zero attached hydrogens (tertiary/aromatic N) is 2. The van der Waals surface area contributed by atoms with Gasteiger partial charge in [0.15, 0.2) is 11.5 Å². The van der Waals surface area contributed by atoms with E-state index in [0.29, 0.717) is 32.0 Å². The fraction of sp³-hybridized carbons (Fsp3) is 0.375. The molecule has 1 aliphatic rings. The minimum Gasteiger partial charge on any atom is -0.493 e. The molecule has 152 valence electrons. The predicted molar refractivity (Wildman–Crippen MR) is 113 cm³/mol. The van der Waals surface area contributed by atoms with Crippen molar-refractivity contribution in [2.24, 2.45) is 0 Å². The van der Waals surface area contributed by atoms with Gasteiger partial charge in [0, 0.05) is 31.3 Å². The number of hydrogen-bond acceptors (Lipinski definition) is 5. The van der Waals surface area contributed by atoms with Crippen LogP contribution in [0.4, 0.5) is 0 Å². The summed E-state index contributed by atoms with van der Waals surface area (Å²) in [6.07, 6.45) is 4.44. The smallest absolute Gasteiger partial charge is 0.161 e. The summed E-state index contributed by atoms with van der Waals surface area (Å²) in [4.78, 5) is 2.14. The topological polar surface area (TPSA) is 54.7 Å². The Kier molecular flexibility index (Phi) is 7.97. The third-order valence-electron chi connectivity index (χ3n) is 4.86. The van der Waals surface area contributed by atoms with E-state index in [1.54, 1.807) is 7.11 Å². The van der Waals surface area contributed by atoms with Crippen LogP contribution in [0.2, 0.25) is 0 Å². The monoisotopic (exact) mass is 392 g/mol. The van der Waals surface area contributed by atoms with Crippen LogP contribution in [-0.4, -0.2) is 44.9 Å². The molecule has 29 heavy (non-hydrogen) atoms. The predicted octanol–water partition coefficient (Wildman–Crippen LogP) is 3.99. The van der Waals surface area contributed by atoms with Gasteiger partial charge in [0.2, 0.25) is 0 Å². The number of allylic oxidation sites excluding steroid dienone is 1. The average molecular weight is 392 g/mol. The first-order valence-corrected chi connectivity index (χ1v) is 10.0. The van der Waals surface area contributed by atoms with Crippen LogP contribution >= 0.6 is 0 Å². The van der Waals surface area contributed by atoms with E-state index in [2.05, 4.69) is 35.2 Å². The van der Waals surface area contributed by atoms with Crippen molar-refractivity contribution < 1.29 is 14.2 Å². The highest BCUT2D eigenvalue weighted by molar-refractivity contribution is 5.44. The van der Waals surface area contributed by atoms with Gasteiger partial charge in [0.25, 0.3) is 0 Å². The second-order valence-electron chi connectivity index (χ2n) is 7.01. The molecule has 0 bridgehead atoms. The van der Waals surface area contributed by atoms with Crippen molar-refractivity contribution in [1.29, 1.82) is 5.26 Å². The molecule has 5 heteroatoms. The van der Waals surface area contributed by atoms with Gasteiger partial charge in [0.05, 0.1) is 33.0 Å². The summed E-state index contributed by atoms with van der Waals surface area (Å²) in [5.74, 6) is 1.44. The fourth-order valence-electron chi connectivity index (χ4n) is 3.31. The van der Waals surface area contributed by atoms with Crippen LogP contribution in [0.3, 0.4) is 0 Å². The molecule has 0 amide bonds. The summed E-state index contributed by atoms with van der Waals surface area (Å²) in [5.41, 5.74) is 3.07. The first-order chi connectivity index (χ1) is 14.3. The van der Waals surface area contributed by atoms with Crippen molar-refractivity contribution in [2.75, 3.05) is 40.0 Å². The van der Waals surface area contributed by atoms with Crippen LogP contribution in [0.1, 0.15) is 17.5 Å². The van der Waals surface area contributed by atoms with E-state index in [1.165, 1.54) is 5.56 Å². The van der Waals surface area contributed by atoms with Gasteiger partial charge in [-0.25, -0.2) is 0 Å². The lowest BCUT2D eigenvalue weighted by atomic mass is 10.1. The molecule has 0 spiro atoms. The summed E-state index contributed by atoms with van der Waals surface area (Å²) in [5, 5.41) is 9.50. The third kappa shape index (κ3) is 6.55. The van der Waals surface area contributed by atoms with E-state index in [1.807, 2.05) is 30.5 Å². The Bertz CT molecular complexity index is 837. The minimum absolute atomic E-state index is 0.568. The maximum absolute atomic E-state index is 9.50. The van der Waals surface area contributed by atoms with Crippen LogP contribution < -0.4 is 9.47 Å². The molecule has 1 aliphatic heterocycles. The molecule has 1 saturated heterocycles. The lowest BCUT2D eigenvalue weighted by molar-refractivity contribution is 0.0591. The fourth-order valence-corrected chi connectivity index (χ4v) is 3.31. The molecular weight excluding hydrogens is 364 g/mol. The molecule has 0 aromatic heterocycles. The number of benzene rings is 2. The minimum atomic E-state index is 0.568. The molecule has 5 nitrogen and oxygen atoms in total. The second kappa shape index (κ2) is 11.1. The number of rotatable bonds is 9. The maximum Gasteiger partial charge on any atom is 0.161 e. The lowest BCUT2D eigenvalue weighted by Gasteiger charge is -2.25. The van der Waals surface area contributed by atoms with Crippen molar-refractivity contribution in [1.82, 2.24) is 4.90 Å². The zero-order chi connectivity index (χ0) is 20.3. The lowest BCUT2D eigenvalue weighted by Crippen LogP contribution is -2.32. The van der Waals surface area contributed by atoms with Crippen LogP contribution in [-0.2, 0) is 17.6 Å². The van der Waals surface area contributed by atoms with Crippen LogP contribution in [0.25, 0.3) is 0 Å². The molecule has 0 N–H and O–H groups in total. The van der Waals surface area contributed by atoms with E-state index in [4.69, 9.17) is 14.2 Å². The molecule has 2 aromatic rings. The zero-order valence-corrected chi connectivity index (χ0v) is 17.0. The van der Waals surface area contributed by atoms with E-state index < -0.39 is 0 Å². The van der Waals surface area contributed by atoms with Crippen LogP contribution in [0.5, 0.6) is 11.5 Å². The van der Waals surface area contributed by atoms with Crippen molar-refractivity contribution in [3.05, 3.63) is 71.4 Å². The van der Waals surface area contributed by atoms with Gasteiger partial charge in [-0.1, -0.05) is 36.4 Å².